The monoisotopic (exact) mass is 510 g/mol. The molecule has 1 saturated heterocycles. The van der Waals surface area contributed by atoms with Gasteiger partial charge in [0.15, 0.2) is 5.96 Å². The van der Waals surface area contributed by atoms with Gasteiger partial charge < -0.3 is 25.4 Å². The molecule has 2 fully saturated rings. The number of carbonyl (C=O) groups excluding carboxylic acids is 1. The Morgan fingerprint density at radius 3 is 2.46 bits per heavy atom. The van der Waals surface area contributed by atoms with Crippen molar-refractivity contribution >= 4 is 36.0 Å². The van der Waals surface area contributed by atoms with Crippen LogP contribution in [0.5, 0.6) is 0 Å². The quantitative estimate of drug-likeness (QED) is 0.307. The average molecular weight is 510 g/mol. The molecule has 1 aliphatic carbocycles. The molecule has 1 saturated carbocycles. The van der Waals surface area contributed by atoms with E-state index in [-0.39, 0.29) is 42.2 Å². The summed E-state index contributed by atoms with van der Waals surface area (Å²) in [6, 6.07) is 0.428. The van der Waals surface area contributed by atoms with Crippen LogP contribution in [0.1, 0.15) is 72.6 Å². The van der Waals surface area contributed by atoms with Gasteiger partial charge in [0.05, 0.1) is 18.7 Å². The maximum Gasteiger partial charge on any atom is 0.410 e. The van der Waals surface area contributed by atoms with Crippen molar-refractivity contribution in [1.29, 1.82) is 0 Å². The number of halogens is 1. The minimum Gasteiger partial charge on any atom is -0.444 e. The minimum absolute atomic E-state index is 0. The molecule has 7 nitrogen and oxygen atoms in total. The lowest BCUT2D eigenvalue weighted by atomic mass is 9.93. The molecule has 1 atom stereocenters. The zero-order valence-corrected chi connectivity index (χ0v) is 20.2. The molecule has 164 valence electrons. The highest BCUT2D eigenvalue weighted by Crippen LogP contribution is 2.21. The summed E-state index contributed by atoms with van der Waals surface area (Å²) >= 11 is 0. The van der Waals surface area contributed by atoms with Crippen LogP contribution in [0.4, 0.5) is 4.79 Å². The van der Waals surface area contributed by atoms with Gasteiger partial charge in [-0.2, -0.15) is 0 Å². The molecular formula is C20H39IN4O3. The molecule has 1 unspecified atom stereocenters. The number of likely N-dealkylation sites (tertiary alicyclic amines) is 1. The molecule has 0 aromatic heterocycles. The number of rotatable bonds is 4. The third kappa shape index (κ3) is 8.71. The second-order valence-corrected chi connectivity index (χ2v) is 8.69. The number of nitrogens with zero attached hydrogens (tertiary/aromatic N) is 2. The number of hydrogen-bond acceptors (Lipinski definition) is 4. The summed E-state index contributed by atoms with van der Waals surface area (Å²) in [5, 5.41) is 16.5. The lowest BCUT2D eigenvalue weighted by molar-refractivity contribution is 0.0109. The molecule has 1 amide bonds. The van der Waals surface area contributed by atoms with E-state index in [4.69, 9.17) is 9.73 Å². The molecule has 0 spiro atoms. The highest BCUT2D eigenvalue weighted by atomic mass is 127. The van der Waals surface area contributed by atoms with Gasteiger partial charge in [0.25, 0.3) is 0 Å². The number of aliphatic hydroxyl groups excluding tert-OH is 1. The summed E-state index contributed by atoms with van der Waals surface area (Å²) in [6.45, 7) is 9.85. The molecule has 0 bridgehead atoms. The van der Waals surface area contributed by atoms with Crippen molar-refractivity contribution in [2.75, 3.05) is 19.6 Å². The number of aliphatic imine (C=N–C) groups is 1. The lowest BCUT2D eigenvalue weighted by Crippen LogP contribution is -2.49. The predicted molar refractivity (Wildman–Crippen MR) is 123 cm³/mol. The number of aliphatic hydroxyl groups is 1. The van der Waals surface area contributed by atoms with E-state index in [1.807, 2.05) is 25.7 Å². The number of nitrogens with one attached hydrogen (secondary N) is 2. The Balaban J connectivity index is 0.00000392. The maximum atomic E-state index is 12.5. The van der Waals surface area contributed by atoms with Crippen LogP contribution >= 0.6 is 24.0 Å². The molecule has 1 aliphatic heterocycles. The first-order chi connectivity index (χ1) is 12.8. The van der Waals surface area contributed by atoms with E-state index in [0.717, 1.165) is 64.0 Å². The fraction of sp³-hybridized carbons (Fsp3) is 0.900. The molecule has 28 heavy (non-hydrogen) atoms. The normalized spacial score (nSPS) is 26.2. The third-order valence-corrected chi connectivity index (χ3v) is 5.10. The van der Waals surface area contributed by atoms with Crippen LogP contribution in [0.2, 0.25) is 0 Å². The second-order valence-electron chi connectivity index (χ2n) is 8.69. The van der Waals surface area contributed by atoms with Crippen LogP contribution in [0.3, 0.4) is 0 Å². The predicted octanol–water partition coefficient (Wildman–Crippen LogP) is 3.25. The fourth-order valence-electron chi connectivity index (χ4n) is 3.68. The van der Waals surface area contributed by atoms with Crippen molar-refractivity contribution < 1.29 is 14.6 Å². The summed E-state index contributed by atoms with van der Waals surface area (Å²) in [5.41, 5.74) is -0.482. The Labute approximate surface area is 187 Å². The van der Waals surface area contributed by atoms with Gasteiger partial charge >= 0.3 is 6.09 Å². The minimum atomic E-state index is -0.482. The summed E-state index contributed by atoms with van der Waals surface area (Å²) in [7, 11) is 0. The Kier molecular flexibility index (Phi) is 10.9. The van der Waals surface area contributed by atoms with Gasteiger partial charge in [-0.3, -0.25) is 4.99 Å². The van der Waals surface area contributed by atoms with E-state index in [1.165, 1.54) is 0 Å². The molecule has 2 rings (SSSR count). The van der Waals surface area contributed by atoms with Gasteiger partial charge in [-0.05, 0) is 72.6 Å². The van der Waals surface area contributed by atoms with Gasteiger partial charge in [-0.1, -0.05) is 0 Å². The second kappa shape index (κ2) is 12.0. The SMILES string of the molecule is CCNC(=NCC1CCCCN1C(=O)OC(C)(C)C)NC1CCC(O)CC1.I. The smallest absolute Gasteiger partial charge is 0.410 e. The highest BCUT2D eigenvalue weighted by Gasteiger charge is 2.30. The standard InChI is InChI=1S/C20H38N4O3.HI/c1-5-21-18(23-15-9-11-17(25)12-10-15)22-14-16-8-6-7-13-24(16)19(26)27-20(2,3)4;/h15-17,25H,5-14H2,1-4H3,(H2,21,22,23);1H. The van der Waals surface area contributed by atoms with Gasteiger partial charge in [0, 0.05) is 19.1 Å². The number of piperidine rings is 1. The van der Waals surface area contributed by atoms with Crippen molar-refractivity contribution in [2.45, 2.75) is 96.4 Å². The zero-order valence-electron chi connectivity index (χ0n) is 17.9. The van der Waals surface area contributed by atoms with E-state index < -0.39 is 5.60 Å². The van der Waals surface area contributed by atoms with Gasteiger partial charge in [-0.25, -0.2) is 4.79 Å². The van der Waals surface area contributed by atoms with E-state index in [9.17, 15) is 9.90 Å². The third-order valence-electron chi connectivity index (χ3n) is 5.10. The van der Waals surface area contributed by atoms with E-state index in [0.29, 0.717) is 12.6 Å². The van der Waals surface area contributed by atoms with Crippen molar-refractivity contribution in [1.82, 2.24) is 15.5 Å². The van der Waals surface area contributed by atoms with Gasteiger partial charge in [0.1, 0.15) is 5.60 Å². The van der Waals surface area contributed by atoms with Crippen molar-refractivity contribution in [3.63, 3.8) is 0 Å². The van der Waals surface area contributed by atoms with E-state index >= 15 is 0 Å². The Morgan fingerprint density at radius 2 is 1.86 bits per heavy atom. The van der Waals surface area contributed by atoms with Gasteiger partial charge in [0.2, 0.25) is 0 Å². The van der Waals surface area contributed by atoms with Crippen LogP contribution in [-0.2, 0) is 4.74 Å². The van der Waals surface area contributed by atoms with Crippen molar-refractivity contribution in [3.05, 3.63) is 0 Å². The molecule has 2 aliphatic rings. The lowest BCUT2D eigenvalue weighted by Gasteiger charge is -2.36. The molecule has 8 heteroatoms. The molecule has 0 aromatic rings. The van der Waals surface area contributed by atoms with Crippen LogP contribution in [-0.4, -0.2) is 65.5 Å². The van der Waals surface area contributed by atoms with Crippen molar-refractivity contribution in [3.8, 4) is 0 Å². The first-order valence-corrected chi connectivity index (χ1v) is 10.5. The fourth-order valence-corrected chi connectivity index (χ4v) is 3.68. The number of guanidine groups is 1. The van der Waals surface area contributed by atoms with Crippen molar-refractivity contribution in [2.24, 2.45) is 4.99 Å². The average Bonchev–Trinajstić information content (AvgIpc) is 2.60. The Hall–Kier alpha value is -0.770. The zero-order chi connectivity index (χ0) is 19.9. The summed E-state index contributed by atoms with van der Waals surface area (Å²) in [5.74, 6) is 0.800. The first-order valence-electron chi connectivity index (χ1n) is 10.5. The summed E-state index contributed by atoms with van der Waals surface area (Å²) in [6.07, 6.45) is 6.29. The Morgan fingerprint density at radius 1 is 1.18 bits per heavy atom. The molecule has 0 aromatic carbocycles. The molecule has 0 radical (unpaired) electrons. The highest BCUT2D eigenvalue weighted by molar-refractivity contribution is 14.0. The molecular weight excluding hydrogens is 471 g/mol. The summed E-state index contributed by atoms with van der Waals surface area (Å²) < 4.78 is 5.58. The number of carbonyl (C=O) groups is 1. The van der Waals surface area contributed by atoms with Crippen LogP contribution < -0.4 is 10.6 Å². The van der Waals surface area contributed by atoms with Crippen LogP contribution in [0.25, 0.3) is 0 Å². The first kappa shape index (κ1) is 25.3. The molecule has 1 heterocycles. The Bertz CT molecular complexity index is 502. The van der Waals surface area contributed by atoms with Gasteiger partial charge in [-0.15, -0.1) is 24.0 Å². The van der Waals surface area contributed by atoms with E-state index in [2.05, 4.69) is 17.6 Å². The number of ether oxygens (including phenoxy) is 1. The number of hydrogen-bond donors (Lipinski definition) is 3. The summed E-state index contributed by atoms with van der Waals surface area (Å²) in [4.78, 5) is 19.2. The van der Waals surface area contributed by atoms with Crippen LogP contribution in [0, 0.1) is 0 Å². The van der Waals surface area contributed by atoms with E-state index in [1.54, 1.807) is 0 Å². The number of amides is 1. The molecule has 3 N–H and O–H groups in total. The van der Waals surface area contributed by atoms with Crippen LogP contribution in [0.15, 0.2) is 4.99 Å². The topological polar surface area (TPSA) is 86.2 Å². The largest absolute Gasteiger partial charge is 0.444 e. The maximum absolute atomic E-state index is 12.5.